The van der Waals surface area contributed by atoms with E-state index in [1.807, 2.05) is 50.2 Å². The highest BCUT2D eigenvalue weighted by atomic mass is 16.7. The molecule has 1 fully saturated rings. The van der Waals surface area contributed by atoms with Crippen LogP contribution >= 0.6 is 0 Å². The zero-order valence-electron chi connectivity index (χ0n) is 17.1. The summed E-state index contributed by atoms with van der Waals surface area (Å²) in [4.78, 5) is 2.50. The average Bonchev–Trinajstić information content (AvgIpc) is 2.75. The average molecular weight is 385 g/mol. The number of hydrogen-bond donors (Lipinski definition) is 1. The summed E-state index contributed by atoms with van der Waals surface area (Å²) < 4.78 is 11.7. The predicted octanol–water partition coefficient (Wildman–Crippen LogP) is 4.11. The van der Waals surface area contributed by atoms with Crippen molar-refractivity contribution in [2.24, 2.45) is 0 Å². The fourth-order valence-electron chi connectivity index (χ4n) is 3.52. The van der Waals surface area contributed by atoms with Crippen LogP contribution in [0.5, 0.6) is 0 Å². The zero-order chi connectivity index (χ0) is 19.6. The molecule has 0 bridgehead atoms. The van der Waals surface area contributed by atoms with Gasteiger partial charge >= 0.3 is 0 Å². The number of hydrogen-bond acceptors (Lipinski definition) is 6. The number of piperidine rings is 1. The van der Waals surface area contributed by atoms with E-state index >= 15 is 0 Å². The largest absolute Gasteiger partial charge is 0.367 e. The molecule has 2 aromatic rings. The Hall–Kier alpha value is -2.02. The third-order valence-electron chi connectivity index (χ3n) is 4.95. The van der Waals surface area contributed by atoms with Crippen molar-refractivity contribution in [2.75, 3.05) is 44.7 Å². The lowest BCUT2D eigenvalue weighted by atomic mass is 10.1. The molecule has 152 valence electrons. The van der Waals surface area contributed by atoms with Gasteiger partial charge in [-0.3, -0.25) is 0 Å². The van der Waals surface area contributed by atoms with Crippen molar-refractivity contribution in [3.63, 3.8) is 0 Å². The number of benzene rings is 1. The van der Waals surface area contributed by atoms with Gasteiger partial charge in [-0.15, -0.1) is 10.2 Å². The maximum absolute atomic E-state index is 5.86. The van der Waals surface area contributed by atoms with Crippen molar-refractivity contribution < 1.29 is 9.47 Å². The second-order valence-electron chi connectivity index (χ2n) is 6.97. The van der Waals surface area contributed by atoms with Crippen molar-refractivity contribution in [3.8, 4) is 11.3 Å². The fourth-order valence-corrected chi connectivity index (χ4v) is 3.52. The molecule has 28 heavy (non-hydrogen) atoms. The molecule has 3 rings (SSSR count). The minimum atomic E-state index is -0.453. The molecule has 0 aliphatic carbocycles. The van der Waals surface area contributed by atoms with Crippen LogP contribution in [0.2, 0.25) is 0 Å². The third kappa shape index (κ3) is 5.74. The fraction of sp³-hybridized carbons (Fsp3) is 0.545. The van der Waals surface area contributed by atoms with Crippen molar-refractivity contribution in [3.05, 3.63) is 42.0 Å². The summed E-state index contributed by atoms with van der Waals surface area (Å²) in [6, 6.07) is 12.1. The summed E-state index contributed by atoms with van der Waals surface area (Å²) in [5.74, 6) is 0.739. The van der Waals surface area contributed by atoms with Crippen LogP contribution in [0.4, 0.5) is 5.82 Å². The summed E-state index contributed by atoms with van der Waals surface area (Å²) in [6.45, 7) is 9.31. The Balaban J connectivity index is 1.78. The van der Waals surface area contributed by atoms with Crippen LogP contribution in [-0.2, 0) is 9.47 Å². The molecule has 1 aromatic carbocycles. The topological polar surface area (TPSA) is 59.5 Å². The molecule has 1 saturated heterocycles. The smallest absolute Gasteiger partial charge is 0.187 e. The maximum Gasteiger partial charge on any atom is 0.187 e. The number of nitrogens with zero attached hydrogens (tertiary/aromatic N) is 3. The van der Waals surface area contributed by atoms with Crippen molar-refractivity contribution >= 4 is 5.82 Å². The van der Waals surface area contributed by atoms with E-state index in [1.165, 1.54) is 32.4 Å². The lowest BCUT2D eigenvalue weighted by Crippen LogP contribution is -2.34. The third-order valence-corrected chi connectivity index (χ3v) is 4.95. The van der Waals surface area contributed by atoms with Crippen molar-refractivity contribution in [2.45, 2.75) is 39.4 Å². The summed E-state index contributed by atoms with van der Waals surface area (Å²) >= 11 is 0. The van der Waals surface area contributed by atoms with E-state index in [0.717, 1.165) is 35.7 Å². The van der Waals surface area contributed by atoms with E-state index in [2.05, 4.69) is 20.4 Å². The first-order valence-electron chi connectivity index (χ1n) is 10.4. The van der Waals surface area contributed by atoms with E-state index in [9.17, 15) is 0 Å². The lowest BCUT2D eigenvalue weighted by Gasteiger charge is -2.27. The molecule has 1 aliphatic heterocycles. The molecule has 0 spiro atoms. The first-order chi connectivity index (χ1) is 13.8. The predicted molar refractivity (Wildman–Crippen MR) is 112 cm³/mol. The Morgan fingerprint density at radius 1 is 1.00 bits per heavy atom. The van der Waals surface area contributed by atoms with Gasteiger partial charge in [-0.2, -0.15) is 0 Å². The first kappa shape index (κ1) is 20.7. The molecule has 6 heteroatoms. The molecular formula is C22H32N4O2. The van der Waals surface area contributed by atoms with Crippen LogP contribution in [0.15, 0.2) is 36.4 Å². The molecule has 1 aliphatic rings. The summed E-state index contributed by atoms with van der Waals surface area (Å²) in [7, 11) is 0. The van der Waals surface area contributed by atoms with Gasteiger partial charge in [0.05, 0.1) is 11.3 Å². The highest BCUT2D eigenvalue weighted by molar-refractivity contribution is 5.61. The van der Waals surface area contributed by atoms with E-state index in [0.29, 0.717) is 13.2 Å². The van der Waals surface area contributed by atoms with Crippen LogP contribution in [-0.4, -0.2) is 54.5 Å². The van der Waals surface area contributed by atoms with Crippen LogP contribution in [0.25, 0.3) is 11.3 Å². The van der Waals surface area contributed by atoms with Gasteiger partial charge < -0.3 is 19.7 Å². The van der Waals surface area contributed by atoms with Gasteiger partial charge in [-0.25, -0.2) is 0 Å². The lowest BCUT2D eigenvalue weighted by molar-refractivity contribution is -0.140. The Kier molecular flexibility index (Phi) is 8.21. The second-order valence-corrected chi connectivity index (χ2v) is 6.97. The highest BCUT2D eigenvalue weighted by Gasteiger charge is 2.20. The minimum absolute atomic E-state index is 0.453. The van der Waals surface area contributed by atoms with Crippen LogP contribution in [0.3, 0.4) is 0 Å². The van der Waals surface area contributed by atoms with Gasteiger partial charge in [0, 0.05) is 31.9 Å². The summed E-state index contributed by atoms with van der Waals surface area (Å²) in [5, 5.41) is 12.4. The summed E-state index contributed by atoms with van der Waals surface area (Å²) in [5.41, 5.74) is 2.75. The van der Waals surface area contributed by atoms with Crippen LogP contribution in [0.1, 0.15) is 45.0 Å². The quantitative estimate of drug-likeness (QED) is 0.622. The maximum atomic E-state index is 5.86. The Bertz CT molecular complexity index is 699. The van der Waals surface area contributed by atoms with E-state index in [4.69, 9.17) is 9.47 Å². The Morgan fingerprint density at radius 2 is 1.71 bits per heavy atom. The van der Waals surface area contributed by atoms with Crippen LogP contribution in [0, 0.1) is 0 Å². The number of rotatable bonds is 10. The molecule has 0 amide bonds. The van der Waals surface area contributed by atoms with Gasteiger partial charge in [0.15, 0.2) is 12.1 Å². The van der Waals surface area contributed by atoms with E-state index < -0.39 is 6.29 Å². The van der Waals surface area contributed by atoms with Gasteiger partial charge in [-0.05, 0) is 45.8 Å². The SMILES string of the molecule is CCOC(OCC)c1cc(-c2ccccc2)nnc1NCCN1CCCCC1. The number of ether oxygens (including phenoxy) is 2. The van der Waals surface area contributed by atoms with E-state index in [-0.39, 0.29) is 0 Å². The number of aromatic nitrogens is 2. The van der Waals surface area contributed by atoms with Gasteiger partial charge in [-0.1, -0.05) is 36.8 Å². The number of nitrogens with one attached hydrogen (secondary N) is 1. The first-order valence-corrected chi connectivity index (χ1v) is 10.4. The van der Waals surface area contributed by atoms with E-state index in [1.54, 1.807) is 0 Å². The minimum Gasteiger partial charge on any atom is -0.367 e. The molecule has 0 unspecified atom stereocenters. The molecule has 2 heterocycles. The second kappa shape index (κ2) is 11.1. The molecule has 6 nitrogen and oxygen atoms in total. The standard InChI is InChI=1S/C22H32N4O2/c1-3-27-22(28-4-2)19-17-20(18-11-7-5-8-12-18)24-25-21(19)23-13-16-26-14-9-6-10-15-26/h5,7-8,11-12,17,22H,3-4,6,9-10,13-16H2,1-2H3,(H,23,25). The number of anilines is 1. The normalized spacial score (nSPS) is 15.1. The Labute approximate surface area is 168 Å². The monoisotopic (exact) mass is 384 g/mol. The zero-order valence-corrected chi connectivity index (χ0v) is 17.1. The highest BCUT2D eigenvalue weighted by Crippen LogP contribution is 2.28. The summed E-state index contributed by atoms with van der Waals surface area (Å²) in [6.07, 6.45) is 3.50. The van der Waals surface area contributed by atoms with Crippen molar-refractivity contribution in [1.82, 2.24) is 15.1 Å². The molecule has 1 aromatic heterocycles. The number of likely N-dealkylation sites (tertiary alicyclic amines) is 1. The molecule has 1 N–H and O–H groups in total. The molecule has 0 atom stereocenters. The van der Waals surface area contributed by atoms with Gasteiger partial charge in [0.1, 0.15) is 0 Å². The van der Waals surface area contributed by atoms with Crippen molar-refractivity contribution in [1.29, 1.82) is 0 Å². The molecule has 0 radical (unpaired) electrons. The van der Waals surface area contributed by atoms with Gasteiger partial charge in [0.2, 0.25) is 0 Å². The Morgan fingerprint density at radius 3 is 2.39 bits per heavy atom. The van der Waals surface area contributed by atoms with Gasteiger partial charge in [0.25, 0.3) is 0 Å². The van der Waals surface area contributed by atoms with Crippen LogP contribution < -0.4 is 5.32 Å². The molecule has 0 saturated carbocycles. The molecular weight excluding hydrogens is 352 g/mol.